The summed E-state index contributed by atoms with van der Waals surface area (Å²) in [5, 5.41) is 15.6. The van der Waals surface area contributed by atoms with Crippen molar-refractivity contribution in [1.82, 2.24) is 15.3 Å². The van der Waals surface area contributed by atoms with E-state index in [0.717, 1.165) is 25.9 Å². The number of nitriles is 1. The highest BCUT2D eigenvalue weighted by molar-refractivity contribution is 5.48. The van der Waals surface area contributed by atoms with Crippen molar-refractivity contribution in [2.45, 2.75) is 25.3 Å². The molecule has 16 heavy (non-hydrogen) atoms. The first-order chi connectivity index (χ1) is 7.73. The summed E-state index contributed by atoms with van der Waals surface area (Å²) in [6.45, 7) is 4.14. The van der Waals surface area contributed by atoms with Gasteiger partial charge in [0, 0.05) is 17.9 Å². The minimum absolute atomic E-state index is 0.00683. The topological polar surface area (TPSA) is 73.6 Å². The molecule has 0 aliphatic carbocycles. The maximum Gasteiger partial charge on any atom is 0.182 e. The second-order valence-electron chi connectivity index (χ2n) is 4.30. The lowest BCUT2D eigenvalue weighted by Gasteiger charge is -2.35. The van der Waals surface area contributed by atoms with Crippen LogP contribution in [0.15, 0.2) is 12.4 Å². The molecule has 0 aromatic carbocycles. The molecule has 5 heteroatoms. The van der Waals surface area contributed by atoms with Gasteiger partial charge >= 0.3 is 0 Å². The van der Waals surface area contributed by atoms with Crippen molar-refractivity contribution in [2.24, 2.45) is 0 Å². The lowest BCUT2D eigenvalue weighted by Crippen LogP contribution is -2.45. The molecule has 2 heterocycles. The third-order valence-corrected chi connectivity index (χ3v) is 2.93. The molecule has 0 atom stereocenters. The van der Waals surface area contributed by atoms with Gasteiger partial charge in [-0.2, -0.15) is 5.26 Å². The van der Waals surface area contributed by atoms with E-state index in [0.29, 0.717) is 11.5 Å². The molecule has 5 nitrogen and oxygen atoms in total. The standard InChI is InChI=1S/C11H15N5/c1-11(2-4-13-5-3-11)16-10-9(8-12)14-6-7-15-10/h6-7,13H,2-5H2,1H3,(H,15,16). The summed E-state index contributed by atoms with van der Waals surface area (Å²) in [6.07, 6.45) is 5.19. The van der Waals surface area contributed by atoms with Crippen molar-refractivity contribution >= 4 is 5.82 Å². The number of hydrogen-bond acceptors (Lipinski definition) is 5. The van der Waals surface area contributed by atoms with Crippen LogP contribution in [-0.2, 0) is 0 Å². The number of aromatic nitrogens is 2. The highest BCUT2D eigenvalue weighted by Gasteiger charge is 2.27. The van der Waals surface area contributed by atoms with Crippen LogP contribution in [0.25, 0.3) is 0 Å². The van der Waals surface area contributed by atoms with Gasteiger partial charge in [0.05, 0.1) is 0 Å². The molecule has 2 N–H and O–H groups in total. The highest BCUT2D eigenvalue weighted by Crippen LogP contribution is 2.23. The Kier molecular flexibility index (Phi) is 3.02. The zero-order valence-electron chi connectivity index (χ0n) is 9.32. The minimum atomic E-state index is 0.00683. The normalized spacial score (nSPS) is 18.8. The van der Waals surface area contributed by atoms with Crippen LogP contribution in [0.2, 0.25) is 0 Å². The highest BCUT2D eigenvalue weighted by atomic mass is 15.1. The maximum absolute atomic E-state index is 8.93. The molecule has 0 spiro atoms. The molecule has 1 fully saturated rings. The number of piperidine rings is 1. The van der Waals surface area contributed by atoms with Gasteiger partial charge in [-0.25, -0.2) is 9.97 Å². The summed E-state index contributed by atoms with van der Waals surface area (Å²) >= 11 is 0. The van der Waals surface area contributed by atoms with E-state index < -0.39 is 0 Å². The average molecular weight is 217 g/mol. The SMILES string of the molecule is CC1(Nc2nccnc2C#N)CCNCC1. The third kappa shape index (κ3) is 2.28. The zero-order chi connectivity index (χ0) is 11.4. The molecule has 2 rings (SSSR count). The second-order valence-corrected chi connectivity index (χ2v) is 4.30. The van der Waals surface area contributed by atoms with Crippen LogP contribution in [0.3, 0.4) is 0 Å². The molecule has 0 unspecified atom stereocenters. The number of nitrogens with one attached hydrogen (secondary N) is 2. The van der Waals surface area contributed by atoms with Gasteiger partial charge in [0.1, 0.15) is 6.07 Å². The van der Waals surface area contributed by atoms with E-state index in [-0.39, 0.29) is 5.54 Å². The van der Waals surface area contributed by atoms with Crippen molar-refractivity contribution < 1.29 is 0 Å². The number of rotatable bonds is 2. The average Bonchev–Trinajstić information content (AvgIpc) is 2.30. The van der Waals surface area contributed by atoms with Crippen molar-refractivity contribution in [3.63, 3.8) is 0 Å². The van der Waals surface area contributed by atoms with E-state index in [1.54, 1.807) is 6.20 Å². The Hall–Kier alpha value is -1.67. The van der Waals surface area contributed by atoms with Gasteiger partial charge in [0.15, 0.2) is 11.5 Å². The van der Waals surface area contributed by atoms with Gasteiger partial charge in [-0.15, -0.1) is 0 Å². The number of nitrogens with zero attached hydrogens (tertiary/aromatic N) is 3. The summed E-state index contributed by atoms with van der Waals surface area (Å²) < 4.78 is 0. The van der Waals surface area contributed by atoms with Gasteiger partial charge in [-0.05, 0) is 32.9 Å². The van der Waals surface area contributed by atoms with Crippen LogP contribution in [0.1, 0.15) is 25.5 Å². The number of hydrogen-bond donors (Lipinski definition) is 2. The predicted octanol–water partition coefficient (Wildman–Crippen LogP) is 0.902. The van der Waals surface area contributed by atoms with Gasteiger partial charge in [-0.3, -0.25) is 0 Å². The molecular weight excluding hydrogens is 202 g/mol. The van der Waals surface area contributed by atoms with Gasteiger partial charge in [0.25, 0.3) is 0 Å². The molecule has 0 amide bonds. The Morgan fingerprint density at radius 3 is 2.75 bits per heavy atom. The lowest BCUT2D eigenvalue weighted by molar-refractivity contribution is 0.364. The van der Waals surface area contributed by atoms with E-state index in [9.17, 15) is 0 Å². The first-order valence-electron chi connectivity index (χ1n) is 5.43. The molecular formula is C11H15N5. The quantitative estimate of drug-likeness (QED) is 0.770. The fourth-order valence-corrected chi connectivity index (χ4v) is 1.90. The molecule has 1 aliphatic heterocycles. The van der Waals surface area contributed by atoms with Crippen LogP contribution in [0.5, 0.6) is 0 Å². The van der Waals surface area contributed by atoms with Crippen LogP contribution < -0.4 is 10.6 Å². The molecule has 0 saturated carbocycles. The van der Waals surface area contributed by atoms with Crippen LogP contribution >= 0.6 is 0 Å². The predicted molar refractivity (Wildman–Crippen MR) is 60.9 cm³/mol. The summed E-state index contributed by atoms with van der Waals surface area (Å²) in [6, 6.07) is 2.05. The zero-order valence-corrected chi connectivity index (χ0v) is 9.32. The fourth-order valence-electron chi connectivity index (χ4n) is 1.90. The summed E-state index contributed by atoms with van der Waals surface area (Å²) in [4.78, 5) is 8.16. The van der Waals surface area contributed by atoms with Crippen LogP contribution in [-0.4, -0.2) is 28.6 Å². The van der Waals surface area contributed by atoms with Crippen LogP contribution in [0.4, 0.5) is 5.82 Å². The van der Waals surface area contributed by atoms with E-state index >= 15 is 0 Å². The van der Waals surface area contributed by atoms with Crippen LogP contribution in [0, 0.1) is 11.3 Å². The third-order valence-electron chi connectivity index (χ3n) is 2.93. The van der Waals surface area contributed by atoms with E-state index in [4.69, 9.17) is 5.26 Å². The Morgan fingerprint density at radius 2 is 2.06 bits per heavy atom. The first-order valence-corrected chi connectivity index (χ1v) is 5.43. The molecule has 0 radical (unpaired) electrons. The molecule has 1 aromatic heterocycles. The Labute approximate surface area is 94.9 Å². The molecule has 84 valence electrons. The fraction of sp³-hybridized carbons (Fsp3) is 0.545. The summed E-state index contributed by atoms with van der Waals surface area (Å²) in [5.41, 5.74) is 0.370. The Bertz CT molecular complexity index is 403. The largest absolute Gasteiger partial charge is 0.362 e. The van der Waals surface area contributed by atoms with Gasteiger partial charge in [0.2, 0.25) is 0 Å². The Balaban J connectivity index is 2.16. The Morgan fingerprint density at radius 1 is 1.38 bits per heavy atom. The summed E-state index contributed by atoms with van der Waals surface area (Å²) in [7, 11) is 0. The molecule has 1 aromatic rings. The van der Waals surface area contributed by atoms with Gasteiger partial charge < -0.3 is 10.6 Å². The van der Waals surface area contributed by atoms with Crippen molar-refractivity contribution in [1.29, 1.82) is 5.26 Å². The second kappa shape index (κ2) is 4.45. The van der Waals surface area contributed by atoms with E-state index in [2.05, 4.69) is 33.6 Å². The van der Waals surface area contributed by atoms with Crippen molar-refractivity contribution in [3.05, 3.63) is 18.1 Å². The minimum Gasteiger partial charge on any atom is -0.362 e. The molecule has 1 aliphatic rings. The molecule has 1 saturated heterocycles. The maximum atomic E-state index is 8.93. The smallest absolute Gasteiger partial charge is 0.182 e. The van der Waals surface area contributed by atoms with E-state index in [1.165, 1.54) is 6.20 Å². The molecule has 0 bridgehead atoms. The van der Waals surface area contributed by atoms with E-state index in [1.807, 2.05) is 0 Å². The monoisotopic (exact) mass is 217 g/mol. The van der Waals surface area contributed by atoms with Gasteiger partial charge in [-0.1, -0.05) is 0 Å². The number of anilines is 1. The first kappa shape index (κ1) is 10.8. The summed E-state index contributed by atoms with van der Waals surface area (Å²) in [5.74, 6) is 0.592. The lowest BCUT2D eigenvalue weighted by atomic mass is 9.90. The van der Waals surface area contributed by atoms with Crippen molar-refractivity contribution in [3.8, 4) is 6.07 Å². The van der Waals surface area contributed by atoms with Crippen molar-refractivity contribution in [2.75, 3.05) is 18.4 Å².